The molecule has 0 radical (unpaired) electrons. The van der Waals surface area contributed by atoms with E-state index < -0.39 is 0 Å². The van der Waals surface area contributed by atoms with Gasteiger partial charge >= 0.3 is 0 Å². The van der Waals surface area contributed by atoms with Crippen molar-refractivity contribution >= 4 is 5.69 Å². The predicted octanol–water partition coefficient (Wildman–Crippen LogP) is 1.75. The molecular weight excluding hydrogens is 247 g/mol. The zero-order valence-corrected chi connectivity index (χ0v) is 10.9. The molecule has 0 bridgehead atoms. The molecule has 4 nitrogen and oxygen atoms in total. The zero-order valence-electron chi connectivity index (χ0n) is 10.9. The molecule has 2 fully saturated rings. The monoisotopic (exact) mass is 266 g/mol. The second kappa shape index (κ2) is 5.07. The number of hydrogen-bond donors (Lipinski definition) is 1. The Morgan fingerprint density at radius 1 is 1.21 bits per heavy atom. The van der Waals surface area contributed by atoms with Crippen molar-refractivity contribution in [3.05, 3.63) is 29.6 Å². The van der Waals surface area contributed by atoms with Crippen LogP contribution in [0, 0.1) is 5.82 Å². The minimum Gasteiger partial charge on any atom is -0.398 e. The van der Waals surface area contributed by atoms with Gasteiger partial charge in [0.1, 0.15) is 5.82 Å². The first kappa shape index (κ1) is 12.8. The molecule has 19 heavy (non-hydrogen) atoms. The second-order valence-corrected chi connectivity index (χ2v) is 5.23. The predicted molar refractivity (Wildman–Crippen MR) is 70.0 cm³/mol. The van der Waals surface area contributed by atoms with Gasteiger partial charge in [-0.2, -0.15) is 0 Å². The number of rotatable bonds is 2. The third-order valence-electron chi connectivity index (χ3n) is 3.93. The van der Waals surface area contributed by atoms with Gasteiger partial charge in [-0.25, -0.2) is 4.39 Å². The Bertz CT molecular complexity index is 451. The van der Waals surface area contributed by atoms with Crippen LogP contribution in [0.3, 0.4) is 0 Å². The maximum atomic E-state index is 13.0. The lowest BCUT2D eigenvalue weighted by molar-refractivity contribution is -0.185. The zero-order chi connectivity index (χ0) is 13.3. The lowest BCUT2D eigenvalue weighted by atomic mass is 10.0. The first-order valence-corrected chi connectivity index (χ1v) is 6.71. The Morgan fingerprint density at radius 3 is 2.53 bits per heavy atom. The smallest absolute Gasteiger partial charge is 0.170 e. The van der Waals surface area contributed by atoms with Crippen molar-refractivity contribution in [2.24, 2.45) is 0 Å². The lowest BCUT2D eigenvalue weighted by Crippen LogP contribution is -2.44. The van der Waals surface area contributed by atoms with Gasteiger partial charge in [0.05, 0.1) is 13.2 Å². The van der Waals surface area contributed by atoms with Crippen LogP contribution in [-0.4, -0.2) is 37.0 Å². The van der Waals surface area contributed by atoms with Crippen molar-refractivity contribution in [2.45, 2.75) is 25.2 Å². The molecule has 104 valence electrons. The van der Waals surface area contributed by atoms with Crippen molar-refractivity contribution in [2.75, 3.05) is 32.0 Å². The molecule has 2 aliphatic rings. The number of likely N-dealkylation sites (tertiary alicyclic amines) is 1. The third-order valence-corrected chi connectivity index (χ3v) is 3.93. The summed E-state index contributed by atoms with van der Waals surface area (Å²) in [4.78, 5) is 2.31. The molecule has 2 heterocycles. The van der Waals surface area contributed by atoms with Crippen LogP contribution in [0.15, 0.2) is 18.2 Å². The molecule has 1 aromatic rings. The van der Waals surface area contributed by atoms with E-state index in [1.807, 2.05) is 0 Å². The molecule has 1 spiro atoms. The average molecular weight is 266 g/mol. The number of piperidine rings is 1. The largest absolute Gasteiger partial charge is 0.398 e. The van der Waals surface area contributed by atoms with E-state index in [1.165, 1.54) is 12.1 Å². The average Bonchev–Trinajstić information content (AvgIpc) is 2.84. The molecule has 0 atom stereocenters. The highest BCUT2D eigenvalue weighted by Gasteiger charge is 2.39. The van der Waals surface area contributed by atoms with Crippen molar-refractivity contribution in [3.63, 3.8) is 0 Å². The normalized spacial score (nSPS) is 23.0. The van der Waals surface area contributed by atoms with E-state index in [-0.39, 0.29) is 11.6 Å². The van der Waals surface area contributed by atoms with Crippen molar-refractivity contribution in [1.82, 2.24) is 4.90 Å². The van der Waals surface area contributed by atoms with Crippen LogP contribution in [0.2, 0.25) is 0 Å². The van der Waals surface area contributed by atoms with Crippen LogP contribution in [0.25, 0.3) is 0 Å². The van der Waals surface area contributed by atoms with E-state index in [1.54, 1.807) is 6.07 Å². The standard InChI is InChI=1S/C14H19FN2O2/c15-12-2-1-11(13(16)9-12)10-17-5-3-14(4-6-17)18-7-8-19-14/h1-2,9H,3-8,10,16H2. The Balaban J connectivity index is 1.60. The first-order valence-electron chi connectivity index (χ1n) is 6.71. The molecule has 1 aromatic carbocycles. The molecule has 2 N–H and O–H groups in total. The van der Waals surface area contributed by atoms with Crippen LogP contribution in [0.4, 0.5) is 10.1 Å². The summed E-state index contributed by atoms with van der Waals surface area (Å²) in [7, 11) is 0. The van der Waals surface area contributed by atoms with Crippen LogP contribution in [0.1, 0.15) is 18.4 Å². The number of anilines is 1. The number of hydrogen-bond acceptors (Lipinski definition) is 4. The Hall–Kier alpha value is -1.17. The van der Waals surface area contributed by atoms with Crippen LogP contribution >= 0.6 is 0 Å². The van der Waals surface area contributed by atoms with Crippen LogP contribution in [0.5, 0.6) is 0 Å². The maximum absolute atomic E-state index is 13.0. The van der Waals surface area contributed by atoms with E-state index in [0.717, 1.165) is 38.0 Å². The van der Waals surface area contributed by atoms with Crippen molar-refractivity contribution in [3.8, 4) is 0 Å². The van der Waals surface area contributed by atoms with E-state index in [2.05, 4.69) is 4.90 Å². The van der Waals surface area contributed by atoms with Gasteiger partial charge in [-0.05, 0) is 17.7 Å². The Kier molecular flexibility index (Phi) is 3.43. The molecule has 0 unspecified atom stereocenters. The summed E-state index contributed by atoms with van der Waals surface area (Å²) >= 11 is 0. The fourth-order valence-electron chi connectivity index (χ4n) is 2.79. The molecule has 5 heteroatoms. The van der Waals surface area contributed by atoms with Gasteiger partial charge < -0.3 is 15.2 Å². The number of halogens is 1. The Morgan fingerprint density at radius 2 is 1.89 bits per heavy atom. The van der Waals surface area contributed by atoms with E-state index in [9.17, 15) is 4.39 Å². The van der Waals surface area contributed by atoms with Crippen LogP contribution < -0.4 is 5.73 Å². The molecule has 3 rings (SSSR count). The van der Waals surface area contributed by atoms with Crippen LogP contribution in [-0.2, 0) is 16.0 Å². The molecule has 0 amide bonds. The summed E-state index contributed by atoms with van der Waals surface area (Å²) in [6, 6.07) is 4.60. The minimum atomic E-state index is -0.342. The summed E-state index contributed by atoms with van der Waals surface area (Å²) in [6.07, 6.45) is 1.77. The summed E-state index contributed by atoms with van der Waals surface area (Å²) in [5, 5.41) is 0. The third kappa shape index (κ3) is 2.73. The number of nitrogen functional groups attached to an aromatic ring is 1. The first-order chi connectivity index (χ1) is 9.17. The van der Waals surface area contributed by atoms with Crippen molar-refractivity contribution in [1.29, 1.82) is 0 Å². The highest BCUT2D eigenvalue weighted by Crippen LogP contribution is 2.32. The van der Waals surface area contributed by atoms with Gasteiger partial charge in [-0.1, -0.05) is 6.07 Å². The van der Waals surface area contributed by atoms with E-state index in [0.29, 0.717) is 18.9 Å². The SMILES string of the molecule is Nc1cc(F)ccc1CN1CCC2(CC1)OCCO2. The highest BCUT2D eigenvalue weighted by molar-refractivity contribution is 5.46. The maximum Gasteiger partial charge on any atom is 0.170 e. The Labute approximate surface area is 112 Å². The highest BCUT2D eigenvalue weighted by atomic mass is 19.1. The van der Waals surface area contributed by atoms with Gasteiger partial charge in [-0.15, -0.1) is 0 Å². The number of nitrogens with zero attached hydrogens (tertiary/aromatic N) is 1. The lowest BCUT2D eigenvalue weighted by Gasteiger charge is -2.37. The minimum absolute atomic E-state index is 0.286. The number of ether oxygens (including phenoxy) is 2. The van der Waals surface area contributed by atoms with Gasteiger partial charge in [0.15, 0.2) is 5.79 Å². The van der Waals surface area contributed by atoms with Gasteiger partial charge in [-0.3, -0.25) is 4.90 Å². The van der Waals surface area contributed by atoms with Gasteiger partial charge in [0.2, 0.25) is 0 Å². The van der Waals surface area contributed by atoms with E-state index >= 15 is 0 Å². The van der Waals surface area contributed by atoms with Crippen molar-refractivity contribution < 1.29 is 13.9 Å². The van der Waals surface area contributed by atoms with Gasteiger partial charge in [0, 0.05) is 38.2 Å². The summed E-state index contributed by atoms with van der Waals surface area (Å²) in [5.74, 6) is -0.628. The van der Waals surface area contributed by atoms with Gasteiger partial charge in [0.25, 0.3) is 0 Å². The topological polar surface area (TPSA) is 47.7 Å². The number of benzene rings is 1. The molecule has 0 saturated carbocycles. The summed E-state index contributed by atoms with van der Waals surface area (Å²) in [5.41, 5.74) is 7.34. The fraction of sp³-hybridized carbons (Fsp3) is 0.571. The molecule has 0 aromatic heterocycles. The quantitative estimate of drug-likeness (QED) is 0.828. The molecule has 0 aliphatic carbocycles. The van der Waals surface area contributed by atoms with E-state index in [4.69, 9.17) is 15.2 Å². The molecule has 2 saturated heterocycles. The molecular formula is C14H19FN2O2. The summed E-state index contributed by atoms with van der Waals surface area (Å²) in [6.45, 7) is 3.98. The summed E-state index contributed by atoms with van der Waals surface area (Å²) < 4.78 is 24.4. The number of nitrogens with two attached hydrogens (primary N) is 1. The fourth-order valence-corrected chi connectivity index (χ4v) is 2.79. The molecule has 2 aliphatic heterocycles. The second-order valence-electron chi connectivity index (χ2n) is 5.23.